The number of benzene rings is 1. The average Bonchev–Trinajstić information content (AvgIpc) is 2.25. The van der Waals surface area contributed by atoms with Crippen LogP contribution in [0.4, 0.5) is 0 Å². The predicted octanol–water partition coefficient (Wildman–Crippen LogP) is 3.03. The predicted molar refractivity (Wildman–Crippen MR) is 65.4 cm³/mol. The van der Waals surface area contributed by atoms with Crippen LogP contribution in [0.25, 0.3) is 0 Å². The van der Waals surface area contributed by atoms with Crippen LogP contribution >= 0.6 is 15.9 Å². The molecule has 1 N–H and O–H groups in total. The lowest BCUT2D eigenvalue weighted by Crippen LogP contribution is -2.22. The second kappa shape index (κ2) is 6.40. The van der Waals surface area contributed by atoms with E-state index in [0.717, 1.165) is 16.5 Å². The summed E-state index contributed by atoms with van der Waals surface area (Å²) in [6.07, 6.45) is 2.99. The molecule has 1 amide bonds. The van der Waals surface area contributed by atoms with Crippen LogP contribution in [0.1, 0.15) is 18.4 Å². The summed E-state index contributed by atoms with van der Waals surface area (Å²) in [4.78, 5) is 11.3. The van der Waals surface area contributed by atoms with Crippen LogP contribution in [0.2, 0.25) is 0 Å². The Kier molecular flexibility index (Phi) is 5.12. The molecular weight excluding hydrogens is 254 g/mol. The fourth-order valence-electron chi connectivity index (χ4n) is 1.12. The van der Waals surface area contributed by atoms with E-state index >= 15 is 0 Å². The van der Waals surface area contributed by atoms with Gasteiger partial charge < -0.3 is 5.32 Å². The molecule has 0 saturated heterocycles. The summed E-state index contributed by atoms with van der Waals surface area (Å²) >= 11 is 3.36. The Labute approximate surface area is 98.5 Å². The molecule has 0 aromatic heterocycles. The van der Waals surface area contributed by atoms with E-state index in [1.54, 1.807) is 6.08 Å². The van der Waals surface area contributed by atoms with Crippen molar-refractivity contribution in [2.45, 2.75) is 19.4 Å². The van der Waals surface area contributed by atoms with Crippen molar-refractivity contribution < 1.29 is 4.79 Å². The van der Waals surface area contributed by atoms with Crippen LogP contribution in [0.15, 0.2) is 41.4 Å². The zero-order valence-electron chi connectivity index (χ0n) is 8.50. The molecular formula is C12H14BrNO. The summed E-state index contributed by atoms with van der Waals surface area (Å²) in [7, 11) is 0. The molecule has 0 aliphatic heterocycles. The van der Waals surface area contributed by atoms with E-state index in [1.165, 1.54) is 0 Å². The molecule has 2 nitrogen and oxygen atoms in total. The summed E-state index contributed by atoms with van der Waals surface area (Å²) in [5.41, 5.74) is 1.10. The molecule has 1 rings (SSSR count). The number of halogens is 1. The van der Waals surface area contributed by atoms with E-state index in [2.05, 4.69) is 27.8 Å². The maximum atomic E-state index is 11.3. The summed E-state index contributed by atoms with van der Waals surface area (Å²) in [6.45, 7) is 4.16. The lowest BCUT2D eigenvalue weighted by Gasteiger charge is -2.04. The van der Waals surface area contributed by atoms with E-state index < -0.39 is 0 Å². The number of allylic oxidation sites excluding steroid dienone is 1. The largest absolute Gasteiger partial charge is 0.352 e. The number of hydrogen-bond acceptors (Lipinski definition) is 1. The average molecular weight is 268 g/mol. The molecule has 0 unspecified atom stereocenters. The third-order valence-corrected chi connectivity index (χ3v) is 2.51. The second-order valence-corrected chi connectivity index (χ2v) is 4.15. The number of amides is 1. The Morgan fingerprint density at radius 1 is 1.40 bits per heavy atom. The van der Waals surface area contributed by atoms with Crippen LogP contribution < -0.4 is 5.32 Å². The molecule has 0 atom stereocenters. The number of carbonyl (C=O) groups is 1. The lowest BCUT2D eigenvalue weighted by molar-refractivity contribution is -0.121. The van der Waals surface area contributed by atoms with Crippen LogP contribution in [0.5, 0.6) is 0 Å². The smallest absolute Gasteiger partial charge is 0.220 e. The zero-order chi connectivity index (χ0) is 11.1. The topological polar surface area (TPSA) is 29.1 Å². The molecule has 1 aromatic carbocycles. The van der Waals surface area contributed by atoms with E-state index in [1.807, 2.05) is 24.3 Å². The first kappa shape index (κ1) is 12.0. The number of carbonyl (C=O) groups excluding carboxylic acids is 1. The minimum atomic E-state index is 0.0674. The van der Waals surface area contributed by atoms with E-state index in [4.69, 9.17) is 0 Å². The van der Waals surface area contributed by atoms with Crippen molar-refractivity contribution in [3.8, 4) is 0 Å². The van der Waals surface area contributed by atoms with Gasteiger partial charge in [-0.1, -0.05) is 34.1 Å². The van der Waals surface area contributed by atoms with Gasteiger partial charge >= 0.3 is 0 Å². The summed E-state index contributed by atoms with van der Waals surface area (Å²) in [5, 5.41) is 2.85. The van der Waals surface area contributed by atoms with Crippen LogP contribution in [0, 0.1) is 0 Å². The monoisotopic (exact) mass is 267 g/mol. The molecule has 0 aliphatic carbocycles. The maximum Gasteiger partial charge on any atom is 0.220 e. The van der Waals surface area contributed by atoms with Crippen molar-refractivity contribution in [3.05, 3.63) is 47.0 Å². The van der Waals surface area contributed by atoms with Crippen molar-refractivity contribution in [2.24, 2.45) is 0 Å². The highest BCUT2D eigenvalue weighted by molar-refractivity contribution is 9.10. The van der Waals surface area contributed by atoms with Gasteiger partial charge in [0.25, 0.3) is 0 Å². The minimum absolute atomic E-state index is 0.0674. The van der Waals surface area contributed by atoms with Crippen LogP contribution in [-0.4, -0.2) is 5.91 Å². The molecule has 15 heavy (non-hydrogen) atoms. The van der Waals surface area contributed by atoms with E-state index in [9.17, 15) is 4.79 Å². The van der Waals surface area contributed by atoms with Crippen molar-refractivity contribution >= 4 is 21.8 Å². The summed E-state index contributed by atoms with van der Waals surface area (Å²) < 4.78 is 1.05. The number of hydrogen-bond donors (Lipinski definition) is 1. The Bertz CT molecular complexity index is 332. The van der Waals surface area contributed by atoms with Gasteiger partial charge in [0.05, 0.1) is 0 Å². The Morgan fingerprint density at radius 2 is 2.07 bits per heavy atom. The van der Waals surface area contributed by atoms with Crippen molar-refractivity contribution in [3.63, 3.8) is 0 Å². The number of nitrogens with one attached hydrogen (secondary N) is 1. The van der Waals surface area contributed by atoms with Gasteiger partial charge in [-0.2, -0.15) is 0 Å². The highest BCUT2D eigenvalue weighted by Gasteiger charge is 1.99. The van der Waals surface area contributed by atoms with Gasteiger partial charge in [-0.15, -0.1) is 6.58 Å². The van der Waals surface area contributed by atoms with Gasteiger partial charge in [0.1, 0.15) is 0 Å². The van der Waals surface area contributed by atoms with Gasteiger partial charge in [-0.3, -0.25) is 4.79 Å². The fourth-order valence-corrected chi connectivity index (χ4v) is 1.39. The maximum absolute atomic E-state index is 11.3. The molecule has 0 bridgehead atoms. The van der Waals surface area contributed by atoms with Gasteiger partial charge in [0.2, 0.25) is 5.91 Å². The molecule has 0 fully saturated rings. The van der Waals surface area contributed by atoms with Crippen LogP contribution in [-0.2, 0) is 11.3 Å². The Hall–Kier alpha value is -1.09. The molecule has 3 heteroatoms. The molecule has 0 aliphatic rings. The van der Waals surface area contributed by atoms with Gasteiger partial charge in [0.15, 0.2) is 0 Å². The lowest BCUT2D eigenvalue weighted by atomic mass is 10.2. The third-order valence-electron chi connectivity index (χ3n) is 1.98. The first-order valence-corrected chi connectivity index (χ1v) is 5.63. The van der Waals surface area contributed by atoms with E-state index in [-0.39, 0.29) is 5.91 Å². The van der Waals surface area contributed by atoms with Crippen molar-refractivity contribution in [1.29, 1.82) is 0 Å². The normalized spacial score (nSPS) is 9.67. The molecule has 80 valence electrons. The standard InChI is InChI=1S/C12H14BrNO/c1-2-3-4-12(15)14-9-10-5-7-11(13)8-6-10/h2,5-8H,1,3-4,9H2,(H,14,15). The number of rotatable bonds is 5. The molecule has 0 spiro atoms. The summed E-state index contributed by atoms with van der Waals surface area (Å²) in [6, 6.07) is 7.90. The highest BCUT2D eigenvalue weighted by atomic mass is 79.9. The van der Waals surface area contributed by atoms with Gasteiger partial charge in [-0.25, -0.2) is 0 Å². The third kappa shape index (κ3) is 4.79. The second-order valence-electron chi connectivity index (χ2n) is 3.23. The first-order chi connectivity index (χ1) is 7.22. The molecule has 0 saturated carbocycles. The Balaban J connectivity index is 2.33. The van der Waals surface area contributed by atoms with Gasteiger partial charge in [0, 0.05) is 17.4 Å². The molecule has 1 aromatic rings. The summed E-state index contributed by atoms with van der Waals surface area (Å²) in [5.74, 6) is 0.0674. The molecule has 0 radical (unpaired) electrons. The SMILES string of the molecule is C=CCCC(=O)NCc1ccc(Br)cc1. The van der Waals surface area contributed by atoms with E-state index in [0.29, 0.717) is 13.0 Å². The fraction of sp³-hybridized carbons (Fsp3) is 0.250. The zero-order valence-corrected chi connectivity index (χ0v) is 10.1. The highest BCUT2D eigenvalue weighted by Crippen LogP contribution is 2.10. The molecule has 0 heterocycles. The minimum Gasteiger partial charge on any atom is -0.352 e. The van der Waals surface area contributed by atoms with Crippen molar-refractivity contribution in [2.75, 3.05) is 0 Å². The Morgan fingerprint density at radius 3 is 2.67 bits per heavy atom. The quantitative estimate of drug-likeness (QED) is 0.817. The van der Waals surface area contributed by atoms with Crippen LogP contribution in [0.3, 0.4) is 0 Å². The van der Waals surface area contributed by atoms with Gasteiger partial charge in [-0.05, 0) is 24.1 Å². The van der Waals surface area contributed by atoms with Crippen molar-refractivity contribution in [1.82, 2.24) is 5.32 Å². The first-order valence-electron chi connectivity index (χ1n) is 4.84.